The molecule has 1 aliphatic heterocycles. The van der Waals surface area contributed by atoms with Gasteiger partial charge >= 0.3 is 0 Å². The summed E-state index contributed by atoms with van der Waals surface area (Å²) in [7, 11) is 0. The Kier molecular flexibility index (Phi) is 2.84. The van der Waals surface area contributed by atoms with Gasteiger partial charge in [-0.25, -0.2) is 8.78 Å². The molecule has 3 heteroatoms. The minimum absolute atomic E-state index is 0.162. The second-order valence-corrected chi connectivity index (χ2v) is 4.58. The molecule has 18 heavy (non-hydrogen) atoms. The van der Waals surface area contributed by atoms with E-state index in [2.05, 4.69) is 5.32 Å². The van der Waals surface area contributed by atoms with Gasteiger partial charge < -0.3 is 5.32 Å². The van der Waals surface area contributed by atoms with Crippen LogP contribution in [0.3, 0.4) is 0 Å². The molecule has 1 nitrogen and oxygen atoms in total. The normalized spacial score (nSPS) is 18.4. The van der Waals surface area contributed by atoms with Crippen molar-refractivity contribution in [3.05, 3.63) is 70.8 Å². The summed E-state index contributed by atoms with van der Waals surface area (Å²) in [6, 6.07) is 11.4. The first-order valence-corrected chi connectivity index (χ1v) is 5.98. The SMILES string of the molecule is Fc1ccc(C2CNCc3cc(F)ccc32)cc1. The molecular weight excluding hydrogens is 232 g/mol. The molecule has 1 aliphatic rings. The number of benzene rings is 2. The molecule has 1 heterocycles. The number of halogens is 2. The molecule has 1 unspecified atom stereocenters. The second-order valence-electron chi connectivity index (χ2n) is 4.58. The van der Waals surface area contributed by atoms with E-state index < -0.39 is 0 Å². The molecule has 2 aromatic carbocycles. The highest BCUT2D eigenvalue weighted by Crippen LogP contribution is 2.30. The molecule has 0 fully saturated rings. The molecule has 0 spiro atoms. The second kappa shape index (κ2) is 4.50. The van der Waals surface area contributed by atoms with Crippen LogP contribution in [0.4, 0.5) is 8.78 Å². The average Bonchev–Trinajstić information content (AvgIpc) is 2.38. The number of hydrogen-bond donors (Lipinski definition) is 1. The lowest BCUT2D eigenvalue weighted by Crippen LogP contribution is -2.28. The van der Waals surface area contributed by atoms with Gasteiger partial charge in [0.25, 0.3) is 0 Å². The summed E-state index contributed by atoms with van der Waals surface area (Å²) in [5.74, 6) is -0.285. The Hall–Kier alpha value is -1.74. The molecule has 0 amide bonds. The highest BCUT2D eigenvalue weighted by molar-refractivity contribution is 5.40. The lowest BCUT2D eigenvalue weighted by atomic mass is 9.85. The summed E-state index contributed by atoms with van der Waals surface area (Å²) in [6.07, 6.45) is 0. The number of rotatable bonds is 1. The Balaban J connectivity index is 2.03. The number of fused-ring (bicyclic) bond motifs is 1. The summed E-state index contributed by atoms with van der Waals surface area (Å²) in [5, 5.41) is 3.27. The van der Waals surface area contributed by atoms with Crippen molar-refractivity contribution < 1.29 is 8.78 Å². The highest BCUT2D eigenvalue weighted by atomic mass is 19.1. The zero-order valence-corrected chi connectivity index (χ0v) is 9.79. The fourth-order valence-electron chi connectivity index (χ4n) is 2.52. The summed E-state index contributed by atoms with van der Waals surface area (Å²) in [5.41, 5.74) is 3.16. The van der Waals surface area contributed by atoms with E-state index in [9.17, 15) is 8.78 Å². The van der Waals surface area contributed by atoms with Crippen molar-refractivity contribution >= 4 is 0 Å². The van der Waals surface area contributed by atoms with Gasteiger partial charge in [0, 0.05) is 19.0 Å². The molecule has 0 saturated heterocycles. The monoisotopic (exact) mass is 245 g/mol. The van der Waals surface area contributed by atoms with E-state index in [4.69, 9.17) is 0 Å². The van der Waals surface area contributed by atoms with Gasteiger partial charge in [-0.15, -0.1) is 0 Å². The topological polar surface area (TPSA) is 12.0 Å². The van der Waals surface area contributed by atoms with Crippen LogP contribution in [0.15, 0.2) is 42.5 Å². The first-order chi connectivity index (χ1) is 8.74. The molecule has 1 atom stereocenters. The van der Waals surface area contributed by atoms with Crippen LogP contribution >= 0.6 is 0 Å². The summed E-state index contributed by atoms with van der Waals surface area (Å²) in [6.45, 7) is 1.48. The van der Waals surface area contributed by atoms with Crippen LogP contribution in [0, 0.1) is 11.6 Å². The first-order valence-electron chi connectivity index (χ1n) is 5.98. The maximum Gasteiger partial charge on any atom is 0.123 e. The van der Waals surface area contributed by atoms with Crippen molar-refractivity contribution in [2.75, 3.05) is 6.54 Å². The Labute approximate surface area is 104 Å². The molecule has 3 rings (SSSR count). The predicted molar refractivity (Wildman–Crippen MR) is 66.3 cm³/mol. The molecular formula is C15H13F2N. The van der Waals surface area contributed by atoms with Crippen molar-refractivity contribution in [1.29, 1.82) is 0 Å². The van der Waals surface area contributed by atoms with Crippen LogP contribution in [-0.2, 0) is 6.54 Å². The Bertz CT molecular complexity index is 563. The van der Waals surface area contributed by atoms with E-state index in [1.54, 1.807) is 18.2 Å². The van der Waals surface area contributed by atoms with E-state index in [0.29, 0.717) is 6.54 Å². The van der Waals surface area contributed by atoms with Crippen LogP contribution in [0.2, 0.25) is 0 Å². The van der Waals surface area contributed by atoms with Crippen LogP contribution in [0.5, 0.6) is 0 Å². The number of hydrogen-bond acceptors (Lipinski definition) is 1. The van der Waals surface area contributed by atoms with Crippen molar-refractivity contribution in [1.82, 2.24) is 5.32 Å². The zero-order valence-electron chi connectivity index (χ0n) is 9.79. The molecule has 2 aromatic rings. The largest absolute Gasteiger partial charge is 0.312 e. The zero-order chi connectivity index (χ0) is 12.5. The molecule has 1 N–H and O–H groups in total. The van der Waals surface area contributed by atoms with Gasteiger partial charge in [-0.3, -0.25) is 0 Å². The molecule has 0 bridgehead atoms. The van der Waals surface area contributed by atoms with Crippen LogP contribution in [0.1, 0.15) is 22.6 Å². The smallest absolute Gasteiger partial charge is 0.123 e. The van der Waals surface area contributed by atoms with Gasteiger partial charge in [-0.05, 0) is 41.0 Å². The quantitative estimate of drug-likeness (QED) is 0.813. The van der Waals surface area contributed by atoms with Gasteiger partial charge in [0.05, 0.1) is 0 Å². The molecule has 0 saturated carbocycles. The third kappa shape index (κ3) is 2.02. The molecule has 92 valence electrons. The lowest BCUT2D eigenvalue weighted by molar-refractivity contribution is 0.574. The summed E-state index contributed by atoms with van der Waals surface area (Å²) in [4.78, 5) is 0. The van der Waals surface area contributed by atoms with Crippen LogP contribution < -0.4 is 5.32 Å². The van der Waals surface area contributed by atoms with Crippen molar-refractivity contribution in [2.24, 2.45) is 0 Å². The molecule has 0 aromatic heterocycles. The number of nitrogens with one attached hydrogen (secondary N) is 1. The Morgan fingerprint density at radius 3 is 2.44 bits per heavy atom. The fourth-order valence-corrected chi connectivity index (χ4v) is 2.52. The van der Waals surface area contributed by atoms with Crippen molar-refractivity contribution in [3.63, 3.8) is 0 Å². The average molecular weight is 245 g/mol. The minimum Gasteiger partial charge on any atom is -0.312 e. The van der Waals surface area contributed by atoms with E-state index in [1.807, 2.05) is 6.07 Å². The van der Waals surface area contributed by atoms with Gasteiger partial charge in [-0.2, -0.15) is 0 Å². The third-order valence-corrected chi connectivity index (χ3v) is 3.42. The first kappa shape index (κ1) is 11.4. The molecule has 0 radical (unpaired) electrons. The summed E-state index contributed by atoms with van der Waals surface area (Å²) >= 11 is 0. The Morgan fingerprint density at radius 1 is 0.944 bits per heavy atom. The van der Waals surface area contributed by atoms with E-state index in [-0.39, 0.29) is 17.6 Å². The Morgan fingerprint density at radius 2 is 1.67 bits per heavy atom. The lowest BCUT2D eigenvalue weighted by Gasteiger charge is -2.26. The highest BCUT2D eigenvalue weighted by Gasteiger charge is 2.21. The van der Waals surface area contributed by atoms with Crippen LogP contribution in [-0.4, -0.2) is 6.54 Å². The maximum absolute atomic E-state index is 13.2. The van der Waals surface area contributed by atoms with Crippen molar-refractivity contribution in [3.8, 4) is 0 Å². The standard InChI is InChI=1S/C15H13F2N/c16-12-3-1-10(2-4-12)15-9-18-8-11-7-13(17)5-6-14(11)15/h1-7,15,18H,8-9H2. The van der Waals surface area contributed by atoms with E-state index in [1.165, 1.54) is 18.2 Å². The van der Waals surface area contributed by atoms with Crippen LogP contribution in [0.25, 0.3) is 0 Å². The minimum atomic E-state index is -0.234. The van der Waals surface area contributed by atoms with Gasteiger partial charge in [0.1, 0.15) is 11.6 Å². The van der Waals surface area contributed by atoms with Crippen molar-refractivity contribution in [2.45, 2.75) is 12.5 Å². The maximum atomic E-state index is 13.2. The van der Waals surface area contributed by atoms with Gasteiger partial charge in [0.15, 0.2) is 0 Å². The van der Waals surface area contributed by atoms with Gasteiger partial charge in [0.2, 0.25) is 0 Å². The summed E-state index contributed by atoms with van der Waals surface area (Å²) < 4.78 is 26.1. The molecule has 0 aliphatic carbocycles. The fraction of sp³-hybridized carbons (Fsp3) is 0.200. The van der Waals surface area contributed by atoms with Gasteiger partial charge in [-0.1, -0.05) is 18.2 Å². The predicted octanol–water partition coefficient (Wildman–Crippen LogP) is 3.20. The van der Waals surface area contributed by atoms with E-state index in [0.717, 1.165) is 23.2 Å². The van der Waals surface area contributed by atoms with E-state index >= 15 is 0 Å². The third-order valence-electron chi connectivity index (χ3n) is 3.42.